The van der Waals surface area contributed by atoms with E-state index in [2.05, 4.69) is 41.4 Å². The Morgan fingerprint density at radius 1 is 1.16 bits per heavy atom. The van der Waals surface area contributed by atoms with Crippen molar-refractivity contribution in [2.75, 3.05) is 33.9 Å². The van der Waals surface area contributed by atoms with Gasteiger partial charge in [-0.05, 0) is 44.6 Å². The van der Waals surface area contributed by atoms with Crippen LogP contribution in [0, 0.1) is 5.82 Å². The van der Waals surface area contributed by atoms with E-state index in [1.165, 1.54) is 12.3 Å². The third-order valence-corrected chi connectivity index (χ3v) is 5.19. The molecule has 0 amide bonds. The molecular formula is C20H26FN3O. The molecular weight excluding hydrogens is 317 g/mol. The minimum atomic E-state index is -0.315. The predicted molar refractivity (Wildman–Crippen MR) is 97.0 cm³/mol. The first-order valence-corrected chi connectivity index (χ1v) is 8.76. The number of halogens is 1. The zero-order chi connectivity index (χ0) is 17.7. The van der Waals surface area contributed by atoms with Gasteiger partial charge in [0, 0.05) is 25.3 Å². The first-order valence-electron chi connectivity index (χ1n) is 8.76. The maximum Gasteiger partial charge on any atom is 0.141 e. The number of hydrogen-bond donors (Lipinski definition) is 1. The highest BCUT2D eigenvalue weighted by atomic mass is 19.1. The molecule has 25 heavy (non-hydrogen) atoms. The lowest BCUT2D eigenvalue weighted by Gasteiger charge is -2.43. The molecule has 0 bridgehead atoms. The lowest BCUT2D eigenvalue weighted by Crippen LogP contribution is -2.55. The minimum absolute atomic E-state index is 0.0608. The Kier molecular flexibility index (Phi) is 5.78. The van der Waals surface area contributed by atoms with Crippen molar-refractivity contribution in [3.8, 4) is 0 Å². The maximum atomic E-state index is 13.3. The van der Waals surface area contributed by atoms with Crippen LogP contribution in [-0.4, -0.2) is 49.3 Å². The molecule has 4 nitrogen and oxygen atoms in total. The quantitative estimate of drug-likeness (QED) is 0.875. The first kappa shape index (κ1) is 18.0. The summed E-state index contributed by atoms with van der Waals surface area (Å²) in [5.41, 5.74) is 2.02. The maximum absolute atomic E-state index is 13.3. The van der Waals surface area contributed by atoms with Gasteiger partial charge >= 0.3 is 0 Å². The summed E-state index contributed by atoms with van der Waals surface area (Å²) in [6.45, 7) is 2.39. The molecule has 1 atom stereocenters. The number of ether oxygens (including phenoxy) is 1. The van der Waals surface area contributed by atoms with Gasteiger partial charge in [0.25, 0.3) is 0 Å². The van der Waals surface area contributed by atoms with E-state index in [1.54, 1.807) is 6.07 Å². The van der Waals surface area contributed by atoms with Crippen LogP contribution in [-0.2, 0) is 4.74 Å². The molecule has 2 aromatic rings. The minimum Gasteiger partial charge on any atom is -0.381 e. The number of rotatable bonds is 6. The molecule has 1 aliphatic rings. The van der Waals surface area contributed by atoms with Crippen molar-refractivity contribution in [1.82, 2.24) is 15.2 Å². The monoisotopic (exact) mass is 343 g/mol. The van der Waals surface area contributed by atoms with Crippen molar-refractivity contribution >= 4 is 0 Å². The molecule has 1 aliphatic heterocycles. The molecule has 1 aromatic heterocycles. The second kappa shape index (κ2) is 8.04. The van der Waals surface area contributed by atoms with Crippen LogP contribution in [0.1, 0.15) is 30.1 Å². The normalized spacial score (nSPS) is 18.2. The van der Waals surface area contributed by atoms with Crippen molar-refractivity contribution < 1.29 is 9.13 Å². The highest BCUT2D eigenvalue weighted by molar-refractivity contribution is 5.27. The van der Waals surface area contributed by atoms with Crippen LogP contribution in [0.15, 0.2) is 48.7 Å². The van der Waals surface area contributed by atoms with Crippen molar-refractivity contribution in [3.63, 3.8) is 0 Å². The second-order valence-corrected chi connectivity index (χ2v) is 6.86. The molecule has 0 aliphatic carbocycles. The van der Waals surface area contributed by atoms with E-state index in [4.69, 9.17) is 4.74 Å². The molecule has 1 fully saturated rings. The zero-order valence-corrected chi connectivity index (χ0v) is 14.9. The number of aromatic nitrogens is 1. The Morgan fingerprint density at radius 3 is 2.48 bits per heavy atom. The van der Waals surface area contributed by atoms with Gasteiger partial charge in [-0.15, -0.1) is 0 Å². The summed E-state index contributed by atoms with van der Waals surface area (Å²) in [6.07, 6.45) is 3.26. The van der Waals surface area contributed by atoms with Gasteiger partial charge in [0.05, 0.1) is 17.9 Å². The summed E-state index contributed by atoms with van der Waals surface area (Å²) in [5, 5.41) is 3.68. The molecule has 1 N–H and O–H groups in total. The number of hydrogen-bond acceptors (Lipinski definition) is 4. The summed E-state index contributed by atoms with van der Waals surface area (Å²) in [5.74, 6) is -0.315. The van der Waals surface area contributed by atoms with Crippen LogP contribution in [0.25, 0.3) is 0 Å². The molecule has 0 spiro atoms. The SMILES string of the molecule is CN(C)C1(CN[C@@H](c2ccccc2)c2ccc(F)cn2)CCOCC1. The van der Waals surface area contributed by atoms with Crippen molar-refractivity contribution in [3.05, 3.63) is 65.7 Å². The predicted octanol–water partition coefficient (Wildman–Crippen LogP) is 3.01. The topological polar surface area (TPSA) is 37.4 Å². The van der Waals surface area contributed by atoms with Gasteiger partial charge in [0.2, 0.25) is 0 Å². The highest BCUT2D eigenvalue weighted by Crippen LogP contribution is 2.28. The standard InChI is InChI=1S/C20H26FN3O/c1-24(2)20(10-12-25-13-11-20)15-23-19(16-6-4-3-5-7-16)18-9-8-17(21)14-22-18/h3-9,14,19,23H,10-13,15H2,1-2H3/t19-/m0/s1. The number of nitrogens with zero attached hydrogens (tertiary/aromatic N) is 2. The van der Waals surface area contributed by atoms with Crippen molar-refractivity contribution in [2.45, 2.75) is 24.4 Å². The molecule has 1 saturated heterocycles. The van der Waals surface area contributed by atoms with Gasteiger partial charge in [-0.25, -0.2) is 4.39 Å². The molecule has 134 valence electrons. The van der Waals surface area contributed by atoms with Crippen LogP contribution in [0.2, 0.25) is 0 Å². The van der Waals surface area contributed by atoms with E-state index in [0.717, 1.165) is 43.9 Å². The second-order valence-electron chi connectivity index (χ2n) is 6.86. The van der Waals surface area contributed by atoms with E-state index in [-0.39, 0.29) is 17.4 Å². The summed E-state index contributed by atoms with van der Waals surface area (Å²) >= 11 is 0. The number of pyridine rings is 1. The number of likely N-dealkylation sites (N-methyl/N-ethyl adjacent to an activating group) is 1. The van der Waals surface area contributed by atoms with Crippen molar-refractivity contribution in [2.24, 2.45) is 0 Å². The average Bonchev–Trinajstić information content (AvgIpc) is 2.65. The van der Waals surface area contributed by atoms with E-state index in [1.807, 2.05) is 18.2 Å². The van der Waals surface area contributed by atoms with Crippen LogP contribution in [0.3, 0.4) is 0 Å². The molecule has 3 rings (SSSR count). The van der Waals surface area contributed by atoms with Gasteiger partial charge < -0.3 is 15.0 Å². The Hall–Kier alpha value is -1.82. The fourth-order valence-electron chi connectivity index (χ4n) is 3.42. The molecule has 5 heteroatoms. The van der Waals surface area contributed by atoms with Crippen LogP contribution in [0.4, 0.5) is 4.39 Å². The fourth-order valence-corrected chi connectivity index (χ4v) is 3.42. The molecule has 2 heterocycles. The summed E-state index contributed by atoms with van der Waals surface area (Å²) in [6, 6.07) is 13.3. The summed E-state index contributed by atoms with van der Waals surface area (Å²) in [7, 11) is 4.25. The van der Waals surface area contributed by atoms with Crippen LogP contribution in [0.5, 0.6) is 0 Å². The number of benzene rings is 1. The summed E-state index contributed by atoms with van der Waals surface area (Å²) < 4.78 is 18.8. The number of nitrogens with one attached hydrogen (secondary N) is 1. The van der Waals surface area contributed by atoms with Gasteiger partial charge in [-0.2, -0.15) is 0 Å². The van der Waals surface area contributed by atoms with Gasteiger partial charge in [0.15, 0.2) is 0 Å². The van der Waals surface area contributed by atoms with E-state index >= 15 is 0 Å². The van der Waals surface area contributed by atoms with E-state index in [0.29, 0.717) is 0 Å². The average molecular weight is 343 g/mol. The Morgan fingerprint density at radius 2 is 1.88 bits per heavy atom. The third kappa shape index (κ3) is 4.24. The lowest BCUT2D eigenvalue weighted by molar-refractivity contribution is -0.00784. The smallest absolute Gasteiger partial charge is 0.141 e. The fraction of sp³-hybridized carbons (Fsp3) is 0.450. The Balaban J connectivity index is 1.83. The van der Waals surface area contributed by atoms with Gasteiger partial charge in [-0.3, -0.25) is 4.98 Å². The van der Waals surface area contributed by atoms with Crippen molar-refractivity contribution in [1.29, 1.82) is 0 Å². The summed E-state index contributed by atoms with van der Waals surface area (Å²) in [4.78, 5) is 6.60. The van der Waals surface area contributed by atoms with Crippen LogP contribution >= 0.6 is 0 Å². The third-order valence-electron chi connectivity index (χ3n) is 5.19. The lowest BCUT2D eigenvalue weighted by atomic mass is 9.88. The zero-order valence-electron chi connectivity index (χ0n) is 14.9. The molecule has 0 saturated carbocycles. The van der Waals surface area contributed by atoms with Crippen LogP contribution < -0.4 is 5.32 Å². The van der Waals surface area contributed by atoms with E-state index in [9.17, 15) is 4.39 Å². The Bertz CT molecular complexity index is 654. The highest BCUT2D eigenvalue weighted by Gasteiger charge is 2.35. The largest absolute Gasteiger partial charge is 0.381 e. The molecule has 1 aromatic carbocycles. The Labute approximate surface area is 149 Å². The van der Waals surface area contributed by atoms with Gasteiger partial charge in [0.1, 0.15) is 5.82 Å². The first-order chi connectivity index (χ1) is 12.1. The molecule has 0 unspecified atom stereocenters. The van der Waals surface area contributed by atoms with Gasteiger partial charge in [-0.1, -0.05) is 30.3 Å². The van der Waals surface area contributed by atoms with E-state index < -0.39 is 0 Å². The molecule has 0 radical (unpaired) electrons.